The van der Waals surface area contributed by atoms with E-state index < -0.39 is 30.8 Å². The molecule has 2 aromatic rings. The van der Waals surface area contributed by atoms with Crippen LogP contribution in [0.2, 0.25) is 0 Å². The molecule has 0 spiro atoms. The molecule has 0 aromatic carbocycles. The largest absolute Gasteiger partial charge is 0.469 e. The van der Waals surface area contributed by atoms with Crippen molar-refractivity contribution in [1.29, 1.82) is 0 Å². The third-order valence-corrected chi connectivity index (χ3v) is 8.00. The minimum Gasteiger partial charge on any atom is -0.469 e. The second kappa shape index (κ2) is 8.19. The molecule has 0 saturated carbocycles. The Bertz CT molecular complexity index is 1050. The number of furan rings is 1. The molecule has 2 atom stereocenters. The van der Waals surface area contributed by atoms with Crippen LogP contribution < -0.4 is 5.32 Å². The van der Waals surface area contributed by atoms with Gasteiger partial charge >= 0.3 is 7.60 Å². The summed E-state index contributed by atoms with van der Waals surface area (Å²) in [6.07, 6.45) is 1.42. The molecule has 30 heavy (non-hydrogen) atoms. The summed E-state index contributed by atoms with van der Waals surface area (Å²) in [4.78, 5) is 45.8. The van der Waals surface area contributed by atoms with Gasteiger partial charge in [0.25, 0.3) is 5.91 Å². The van der Waals surface area contributed by atoms with Crippen LogP contribution in [0.4, 0.5) is 0 Å². The molecule has 0 radical (unpaired) electrons. The van der Waals surface area contributed by atoms with Crippen LogP contribution in [0.15, 0.2) is 39.0 Å². The normalized spacial score (nSPS) is 21.4. The number of hydrogen-bond acceptors (Lipinski definition) is 9. The Balaban J connectivity index is 1.49. The fourth-order valence-corrected chi connectivity index (χ4v) is 6.86. The molecule has 1 saturated heterocycles. The summed E-state index contributed by atoms with van der Waals surface area (Å²) < 4.78 is 18.7. The Labute approximate surface area is 178 Å². The van der Waals surface area contributed by atoms with Gasteiger partial charge in [0.05, 0.1) is 12.7 Å². The van der Waals surface area contributed by atoms with Crippen LogP contribution in [-0.2, 0) is 27.6 Å². The molecule has 2 aromatic heterocycles. The number of rotatable bonds is 7. The number of nitrogens with one attached hydrogen (secondary N) is 1. The van der Waals surface area contributed by atoms with Gasteiger partial charge in [-0.3, -0.25) is 19.1 Å². The van der Waals surface area contributed by atoms with Crippen molar-refractivity contribution in [3.8, 4) is 0 Å². The number of aromatic nitrogens is 4. The average Bonchev–Trinajstić information content (AvgIpc) is 3.34. The molecule has 0 unspecified atom stereocenters. The standard InChI is InChI=1S/C15H17N6O6PS2/c1-20-15(17-18-19-20)30-7-8-6-29-14-11(12(23)21(14)13(8)28(24,25)26)16-10(22)5-9-3-2-4-27-9/h2-4,11,14H,5-7H2,1H3,(H,16,22)(H2,24,25,26)/t11-,14+/m1/s1. The third-order valence-electron chi connectivity index (χ3n) is 4.48. The van der Waals surface area contributed by atoms with E-state index in [1.54, 1.807) is 19.2 Å². The molecule has 2 amide bonds. The van der Waals surface area contributed by atoms with Crippen molar-refractivity contribution in [2.24, 2.45) is 7.05 Å². The lowest BCUT2D eigenvalue weighted by molar-refractivity contribution is -0.145. The van der Waals surface area contributed by atoms with Crippen molar-refractivity contribution in [2.45, 2.75) is 23.0 Å². The van der Waals surface area contributed by atoms with E-state index in [0.29, 0.717) is 22.2 Å². The van der Waals surface area contributed by atoms with E-state index >= 15 is 0 Å². The third kappa shape index (κ3) is 4.05. The number of aryl methyl sites for hydroxylation is 1. The number of fused-ring (bicyclic) bond motifs is 1. The minimum atomic E-state index is -4.73. The number of thioether (sulfide) groups is 2. The molecule has 3 N–H and O–H groups in total. The van der Waals surface area contributed by atoms with Crippen LogP contribution in [0.5, 0.6) is 0 Å². The molecule has 12 nitrogen and oxygen atoms in total. The van der Waals surface area contributed by atoms with E-state index in [2.05, 4.69) is 20.8 Å². The number of carbonyl (C=O) groups excluding carboxylic acids is 2. The number of hydrogen-bond donors (Lipinski definition) is 3. The van der Waals surface area contributed by atoms with Gasteiger partial charge in [0, 0.05) is 18.6 Å². The monoisotopic (exact) mass is 472 g/mol. The van der Waals surface area contributed by atoms with Gasteiger partial charge in [0.2, 0.25) is 11.1 Å². The molecule has 15 heteroatoms. The van der Waals surface area contributed by atoms with E-state index in [4.69, 9.17) is 4.42 Å². The molecule has 160 valence electrons. The van der Waals surface area contributed by atoms with Crippen molar-refractivity contribution in [1.82, 2.24) is 30.4 Å². The van der Waals surface area contributed by atoms with E-state index in [0.717, 1.165) is 4.90 Å². The lowest BCUT2D eigenvalue weighted by Gasteiger charge is -2.50. The van der Waals surface area contributed by atoms with Gasteiger partial charge in [-0.15, -0.1) is 16.9 Å². The first-order chi connectivity index (χ1) is 14.3. The van der Waals surface area contributed by atoms with E-state index in [-0.39, 0.29) is 17.6 Å². The molecule has 4 heterocycles. The van der Waals surface area contributed by atoms with Crippen LogP contribution in [0.1, 0.15) is 5.76 Å². The molecule has 4 rings (SSSR count). The highest BCUT2D eigenvalue weighted by atomic mass is 32.2. The lowest BCUT2D eigenvalue weighted by Crippen LogP contribution is -2.70. The van der Waals surface area contributed by atoms with Crippen LogP contribution >= 0.6 is 31.1 Å². The summed E-state index contributed by atoms with van der Waals surface area (Å²) in [5.41, 5.74) is 0.140. The second-order valence-electron chi connectivity index (χ2n) is 6.56. The number of nitrogens with zero attached hydrogens (tertiary/aromatic N) is 5. The molecular weight excluding hydrogens is 455 g/mol. The highest BCUT2D eigenvalue weighted by molar-refractivity contribution is 8.01. The summed E-state index contributed by atoms with van der Waals surface area (Å²) in [5, 5.41) is 13.6. The Morgan fingerprint density at radius 2 is 2.30 bits per heavy atom. The van der Waals surface area contributed by atoms with Crippen LogP contribution in [0, 0.1) is 0 Å². The highest BCUT2D eigenvalue weighted by Crippen LogP contribution is 2.56. The van der Waals surface area contributed by atoms with Crippen LogP contribution in [-0.4, -0.2) is 69.6 Å². The van der Waals surface area contributed by atoms with Gasteiger partial charge in [-0.05, 0) is 28.1 Å². The maximum atomic E-state index is 12.7. The van der Waals surface area contributed by atoms with Gasteiger partial charge in [-0.25, -0.2) is 4.68 Å². The fourth-order valence-electron chi connectivity index (χ4n) is 3.16. The molecular formula is C15H17N6O6PS2. The SMILES string of the molecule is Cn1nnnc1SCC1=C(P(=O)(O)O)N2C(=O)[C@@H](NC(=O)Cc3ccco3)[C@@H]2SC1. The van der Waals surface area contributed by atoms with Crippen molar-refractivity contribution in [3.63, 3.8) is 0 Å². The number of β-lactam (4-membered cyclic amide) rings is 1. The van der Waals surface area contributed by atoms with Gasteiger partial charge in [-0.1, -0.05) is 11.8 Å². The lowest BCUT2D eigenvalue weighted by atomic mass is 10.1. The maximum Gasteiger partial charge on any atom is 0.372 e. The van der Waals surface area contributed by atoms with Crippen molar-refractivity contribution in [3.05, 3.63) is 35.2 Å². The average molecular weight is 472 g/mol. The predicted octanol–water partition coefficient (Wildman–Crippen LogP) is -0.0729. The van der Waals surface area contributed by atoms with Crippen LogP contribution in [0.25, 0.3) is 0 Å². The van der Waals surface area contributed by atoms with Gasteiger partial charge < -0.3 is 19.5 Å². The quantitative estimate of drug-likeness (QED) is 0.281. The summed E-state index contributed by atoms with van der Waals surface area (Å²) in [7, 11) is -3.08. The van der Waals surface area contributed by atoms with Crippen molar-refractivity contribution >= 4 is 42.9 Å². The first-order valence-electron chi connectivity index (χ1n) is 8.65. The maximum absolute atomic E-state index is 12.7. The smallest absolute Gasteiger partial charge is 0.372 e. The van der Waals surface area contributed by atoms with Crippen molar-refractivity contribution < 1.29 is 28.4 Å². The number of tetrazole rings is 1. The summed E-state index contributed by atoms with van der Waals surface area (Å²) in [5.74, 6) is 0.0223. The summed E-state index contributed by atoms with van der Waals surface area (Å²) in [6.45, 7) is 0. The highest BCUT2D eigenvalue weighted by Gasteiger charge is 2.55. The predicted molar refractivity (Wildman–Crippen MR) is 106 cm³/mol. The molecule has 2 aliphatic rings. The van der Waals surface area contributed by atoms with E-state index in [9.17, 15) is 23.9 Å². The van der Waals surface area contributed by atoms with E-state index in [1.807, 2.05) is 0 Å². The second-order valence-corrected chi connectivity index (χ2v) is 10.1. The zero-order valence-electron chi connectivity index (χ0n) is 15.5. The number of carbonyl (C=O) groups is 2. The summed E-state index contributed by atoms with van der Waals surface area (Å²) in [6, 6.07) is 2.45. The first-order valence-corrected chi connectivity index (χ1v) is 12.3. The Hall–Kier alpha value is -2.12. The Morgan fingerprint density at radius 1 is 1.50 bits per heavy atom. The molecule has 0 bridgehead atoms. The Morgan fingerprint density at radius 3 is 2.93 bits per heavy atom. The molecule has 1 fully saturated rings. The number of amides is 2. The van der Waals surface area contributed by atoms with Crippen molar-refractivity contribution in [2.75, 3.05) is 11.5 Å². The van der Waals surface area contributed by atoms with Gasteiger partial charge in [-0.2, -0.15) is 0 Å². The van der Waals surface area contributed by atoms with Crippen LogP contribution in [0.3, 0.4) is 0 Å². The topological polar surface area (TPSA) is 164 Å². The van der Waals surface area contributed by atoms with Gasteiger partial charge in [0.1, 0.15) is 22.6 Å². The minimum absolute atomic E-state index is 0.0248. The fraction of sp³-hybridized carbons (Fsp3) is 0.400. The summed E-state index contributed by atoms with van der Waals surface area (Å²) >= 11 is 2.55. The zero-order valence-corrected chi connectivity index (χ0v) is 18.1. The Kier molecular flexibility index (Phi) is 5.77. The molecule has 2 aliphatic heterocycles. The molecule has 0 aliphatic carbocycles. The van der Waals surface area contributed by atoms with E-state index in [1.165, 1.54) is 34.5 Å². The first kappa shape index (κ1) is 21.1. The zero-order chi connectivity index (χ0) is 21.5. The van der Waals surface area contributed by atoms with Gasteiger partial charge in [0.15, 0.2) is 0 Å².